The van der Waals surface area contributed by atoms with Crippen LogP contribution in [0.1, 0.15) is 13.3 Å². The second-order valence-corrected chi connectivity index (χ2v) is 8.68. The van der Waals surface area contributed by atoms with Gasteiger partial charge in [0.1, 0.15) is 0 Å². The quantitative estimate of drug-likeness (QED) is 0.568. The van der Waals surface area contributed by atoms with Crippen molar-refractivity contribution in [3.63, 3.8) is 0 Å². The molecule has 0 aliphatic heterocycles. The molecule has 0 bridgehead atoms. The molecule has 23 heavy (non-hydrogen) atoms. The number of halogens is 1. The lowest BCUT2D eigenvalue weighted by molar-refractivity contribution is 1.35. The Morgan fingerprint density at radius 3 is 1.17 bits per heavy atom. The van der Waals surface area contributed by atoms with E-state index < -0.39 is 6.89 Å². The summed E-state index contributed by atoms with van der Waals surface area (Å²) in [5.74, 6) is 2.53. The summed E-state index contributed by atoms with van der Waals surface area (Å²) < 4.78 is 0. The summed E-state index contributed by atoms with van der Waals surface area (Å²) in [5.41, 5.74) is 0. The van der Waals surface area contributed by atoms with Crippen molar-refractivity contribution in [1.29, 1.82) is 0 Å². The van der Waals surface area contributed by atoms with Crippen molar-refractivity contribution in [2.75, 3.05) is 0 Å². The van der Waals surface area contributed by atoms with E-state index in [-0.39, 0.29) is 17.0 Å². The average molecular weight is 385 g/mol. The predicted molar refractivity (Wildman–Crippen MR) is 112 cm³/mol. The van der Waals surface area contributed by atoms with Gasteiger partial charge in [0, 0.05) is 0 Å². The maximum absolute atomic E-state index is 2.53. The molecule has 0 aliphatic carbocycles. The van der Waals surface area contributed by atoms with E-state index in [1.165, 1.54) is 15.9 Å². The van der Waals surface area contributed by atoms with E-state index in [0.29, 0.717) is 0 Å². The smallest absolute Gasteiger partial charge is 0.0163 e. The van der Waals surface area contributed by atoms with Crippen molar-refractivity contribution in [1.82, 2.24) is 0 Å². The predicted octanol–water partition coefficient (Wildman–Crippen LogP) is 4.77. The molecule has 0 radical (unpaired) electrons. The molecule has 0 saturated carbocycles. The maximum Gasteiger partial charge on any atom is -0.0163 e. The molecule has 0 fully saturated rings. The van der Waals surface area contributed by atoms with Crippen LogP contribution in [0.25, 0.3) is 0 Å². The van der Waals surface area contributed by atoms with Crippen molar-refractivity contribution >= 4 is 45.6 Å². The lowest BCUT2D eigenvalue weighted by Gasteiger charge is -2.28. The first-order valence-corrected chi connectivity index (χ1v) is 9.63. The molecule has 3 aromatic carbocycles. The van der Waals surface area contributed by atoms with Crippen molar-refractivity contribution in [2.24, 2.45) is 0 Å². The zero-order valence-corrected chi connectivity index (χ0v) is 15.9. The first-order chi connectivity index (χ1) is 10.9. The van der Waals surface area contributed by atoms with E-state index in [4.69, 9.17) is 0 Å². The lowest BCUT2D eigenvalue weighted by Crippen LogP contribution is -2.26. The Bertz CT molecular complexity index is 661. The van der Waals surface area contributed by atoms with Gasteiger partial charge in [0.15, 0.2) is 0 Å². The molecule has 118 valence electrons. The number of rotatable bonds is 4. The normalized spacial score (nSPS) is 10.7. The monoisotopic (exact) mass is 384 g/mol. The van der Waals surface area contributed by atoms with E-state index in [1.807, 2.05) is 0 Å². The molecule has 0 nitrogen and oxygen atoms in total. The van der Waals surface area contributed by atoms with E-state index in [2.05, 4.69) is 104 Å². The topological polar surface area (TPSA) is 0 Å². The fourth-order valence-corrected chi connectivity index (χ4v) is 7.03. The number of benzene rings is 3. The average Bonchev–Trinajstić information content (AvgIpc) is 2.62. The highest BCUT2D eigenvalue weighted by Crippen LogP contribution is 2.43. The van der Waals surface area contributed by atoms with Crippen LogP contribution in [0.15, 0.2) is 91.0 Å². The van der Waals surface area contributed by atoms with Gasteiger partial charge < -0.3 is 0 Å². The van der Waals surface area contributed by atoms with Gasteiger partial charge in [-0.05, 0) is 29.2 Å². The van der Waals surface area contributed by atoms with Gasteiger partial charge in [0.25, 0.3) is 0 Å². The van der Waals surface area contributed by atoms with E-state index in [9.17, 15) is 0 Å². The van der Waals surface area contributed by atoms with Gasteiger partial charge in [-0.3, -0.25) is 0 Å². The molecule has 3 aromatic rings. The molecule has 3 rings (SSSR count). The van der Waals surface area contributed by atoms with Gasteiger partial charge >= 0.3 is 0 Å². The van der Waals surface area contributed by atoms with E-state index in [0.717, 1.165) is 6.42 Å². The van der Waals surface area contributed by atoms with Gasteiger partial charge in [-0.2, -0.15) is 0 Å². The first kappa shape index (κ1) is 17.8. The summed E-state index contributed by atoms with van der Waals surface area (Å²) in [7, 11) is 0. The Balaban J connectivity index is 0.00000192. The van der Waals surface area contributed by atoms with Gasteiger partial charge in [-0.1, -0.05) is 104 Å². The minimum absolute atomic E-state index is 0. The Hall–Kier alpha value is -1.56. The third kappa shape index (κ3) is 3.52. The zero-order chi connectivity index (χ0) is 15.3. The van der Waals surface area contributed by atoms with E-state index >= 15 is 0 Å². The van der Waals surface area contributed by atoms with Crippen LogP contribution in [0, 0.1) is 0 Å². The molecule has 0 amide bonds. The molecule has 0 atom stereocenters. The van der Waals surface area contributed by atoms with Crippen LogP contribution in [-0.4, -0.2) is 5.80 Å². The van der Waals surface area contributed by atoms with Gasteiger partial charge in [-0.15, -0.1) is 17.0 Å². The molecule has 0 unspecified atom stereocenters. The minimum atomic E-state index is -1.68. The Labute approximate surface area is 149 Å². The highest BCUT2D eigenvalue weighted by atomic mass is 79.9. The summed E-state index contributed by atoms with van der Waals surface area (Å²) >= 11 is 0. The number of hydrogen-bond acceptors (Lipinski definition) is 0. The summed E-state index contributed by atoms with van der Waals surface area (Å²) in [6.07, 6.45) is 1.06. The third-order valence-electron chi connectivity index (χ3n) is 3.95. The molecule has 0 heterocycles. The first-order valence-electron chi connectivity index (χ1n) is 7.78. The molecule has 2 heteroatoms. The molecule has 0 saturated heterocycles. The summed E-state index contributed by atoms with van der Waals surface area (Å²) in [4.78, 5) is 0. The van der Waals surface area contributed by atoms with Crippen LogP contribution in [0.4, 0.5) is 0 Å². The molecular weight excluding hydrogens is 363 g/mol. The van der Waals surface area contributed by atoms with Crippen molar-refractivity contribution < 1.29 is 0 Å². The SMILES string of the molecule is Br.CCC=P(c1ccccc1)(c1ccccc1)c1ccccc1. The van der Waals surface area contributed by atoms with Crippen LogP contribution >= 0.6 is 23.9 Å². The fourth-order valence-electron chi connectivity index (χ4n) is 3.03. The van der Waals surface area contributed by atoms with Crippen molar-refractivity contribution in [3.8, 4) is 0 Å². The minimum Gasteiger partial charge on any atom is -0.114 e. The van der Waals surface area contributed by atoms with Crippen LogP contribution < -0.4 is 15.9 Å². The summed E-state index contributed by atoms with van der Waals surface area (Å²) in [5, 5.41) is 4.28. The Morgan fingerprint density at radius 2 is 0.913 bits per heavy atom. The number of hydrogen-bond donors (Lipinski definition) is 0. The van der Waals surface area contributed by atoms with Gasteiger partial charge in [-0.25, -0.2) is 0 Å². The second kappa shape index (κ2) is 8.34. The molecule has 0 aliphatic rings. The summed E-state index contributed by atoms with van der Waals surface area (Å²) in [6.45, 7) is 0.561. The highest BCUT2D eigenvalue weighted by Gasteiger charge is 2.23. The third-order valence-corrected chi connectivity index (χ3v) is 8.20. The van der Waals surface area contributed by atoms with Crippen LogP contribution in [0.5, 0.6) is 0 Å². The molecule has 0 aromatic heterocycles. The van der Waals surface area contributed by atoms with Crippen LogP contribution in [0.2, 0.25) is 0 Å². The van der Waals surface area contributed by atoms with E-state index in [1.54, 1.807) is 0 Å². The van der Waals surface area contributed by atoms with Gasteiger partial charge in [0.2, 0.25) is 0 Å². The largest absolute Gasteiger partial charge is 0.114 e. The van der Waals surface area contributed by atoms with Crippen molar-refractivity contribution in [2.45, 2.75) is 13.3 Å². The lowest BCUT2D eigenvalue weighted by atomic mass is 10.4. The standard InChI is InChI=1S/C21H21P.BrH/c1-2-18-22(19-12-6-3-7-13-19,20-14-8-4-9-15-20)21-16-10-5-11-17-21;/h3-18H,2H2,1H3;1H. The molecular formula is C21H22BrP. The molecule has 0 N–H and O–H groups in total. The fraction of sp³-hybridized carbons (Fsp3) is 0.0952. The maximum atomic E-state index is 2.53. The van der Waals surface area contributed by atoms with Crippen molar-refractivity contribution in [3.05, 3.63) is 91.0 Å². The van der Waals surface area contributed by atoms with Gasteiger partial charge in [0.05, 0.1) is 0 Å². The van der Waals surface area contributed by atoms with Crippen LogP contribution in [-0.2, 0) is 0 Å². The Kier molecular flexibility index (Phi) is 6.45. The second-order valence-electron chi connectivity index (χ2n) is 5.32. The highest BCUT2D eigenvalue weighted by molar-refractivity contribution is 8.93. The zero-order valence-electron chi connectivity index (χ0n) is 13.3. The summed E-state index contributed by atoms with van der Waals surface area (Å²) in [6, 6.07) is 32.9. The van der Waals surface area contributed by atoms with Crippen LogP contribution in [0.3, 0.4) is 0 Å². The Morgan fingerprint density at radius 1 is 0.609 bits per heavy atom. The molecule has 0 spiro atoms.